The van der Waals surface area contributed by atoms with Crippen LogP contribution in [0.2, 0.25) is 0 Å². The summed E-state index contributed by atoms with van der Waals surface area (Å²) in [6.45, 7) is 22.1. The van der Waals surface area contributed by atoms with Crippen LogP contribution in [0.3, 0.4) is 0 Å². The zero-order chi connectivity index (χ0) is 33.6. The van der Waals surface area contributed by atoms with Crippen molar-refractivity contribution >= 4 is 11.4 Å². The molecule has 5 aliphatic carbocycles. The molecule has 0 aliphatic heterocycles. The van der Waals surface area contributed by atoms with E-state index in [0.717, 1.165) is 52.8 Å². The number of benzene rings is 1. The van der Waals surface area contributed by atoms with Crippen molar-refractivity contribution in [1.29, 1.82) is 0 Å². The summed E-state index contributed by atoms with van der Waals surface area (Å²) >= 11 is 0. The normalized spacial score (nSPS) is 38.2. The van der Waals surface area contributed by atoms with E-state index in [1.807, 2.05) is 11.6 Å². The number of hydrogen-bond acceptors (Lipinski definition) is 4. The van der Waals surface area contributed by atoms with E-state index in [1.165, 1.54) is 82.3 Å². The van der Waals surface area contributed by atoms with Crippen LogP contribution in [-0.2, 0) is 0 Å². The fraction of sp³-hybridized carbons (Fsp3) is 0.667. The maximum Gasteiger partial charge on any atom is 0.0370 e. The minimum Gasteiger partial charge on any atom is -0.399 e. The fourth-order valence-corrected chi connectivity index (χ4v) is 12.3. The van der Waals surface area contributed by atoms with E-state index < -0.39 is 0 Å². The topological polar surface area (TPSA) is 104 Å². The van der Waals surface area contributed by atoms with Crippen molar-refractivity contribution in [1.82, 2.24) is 0 Å². The Morgan fingerprint density at radius 1 is 0.978 bits per heavy atom. The Labute approximate surface area is 281 Å². The van der Waals surface area contributed by atoms with Crippen LogP contribution in [0, 0.1) is 57.7 Å². The molecule has 0 heterocycles. The Hall–Kier alpha value is -2.62. The Morgan fingerprint density at radius 2 is 1.70 bits per heavy atom. The third-order valence-corrected chi connectivity index (χ3v) is 14.3. The van der Waals surface area contributed by atoms with Gasteiger partial charge in [-0.1, -0.05) is 91.7 Å². The molecule has 6 rings (SSSR count). The van der Waals surface area contributed by atoms with Crippen molar-refractivity contribution in [2.24, 2.45) is 69.1 Å². The average molecular weight is 627 g/mol. The Kier molecular flexibility index (Phi) is 9.90. The van der Waals surface area contributed by atoms with Gasteiger partial charge in [0, 0.05) is 22.8 Å². The van der Waals surface area contributed by atoms with Gasteiger partial charge in [0.25, 0.3) is 0 Å². The summed E-state index contributed by atoms with van der Waals surface area (Å²) in [6, 6.07) is 6.29. The molecular weight excluding hydrogens is 560 g/mol. The van der Waals surface area contributed by atoms with E-state index in [9.17, 15) is 0 Å². The highest BCUT2D eigenvalue weighted by molar-refractivity contribution is 5.62. The number of rotatable bonds is 9. The lowest BCUT2D eigenvalue weighted by Gasteiger charge is -2.59. The second kappa shape index (κ2) is 13.1. The van der Waals surface area contributed by atoms with Gasteiger partial charge in [-0.3, -0.25) is 0 Å². The molecule has 0 aromatic heterocycles. The standard InChI is InChI=1S/C36H56N2.C6H10N2/c1-7-36-20-18-28-25(29(36)15-14-27(36)23(4)10-8-9-22(2)3)13-16-32-34(28,5)19-17-30-33(35(30,32)6)26-12-11-24(37)21-31(26)38;1-3-6(8)4-5(2)7/h11-12,16,21-23,25,27-30,33H,7-10,13-15,17-20,37-38H2,1-6H3;3-4H,1-2,7-8H2/b;6-4+. The molecule has 0 radical (unpaired) electrons. The predicted molar refractivity (Wildman–Crippen MR) is 198 cm³/mol. The van der Waals surface area contributed by atoms with Gasteiger partial charge in [0.15, 0.2) is 0 Å². The molecule has 0 amide bonds. The highest BCUT2D eigenvalue weighted by atomic mass is 14.8. The molecule has 10 atom stereocenters. The molecule has 4 nitrogen and oxygen atoms in total. The van der Waals surface area contributed by atoms with Crippen molar-refractivity contribution < 1.29 is 0 Å². The molecule has 0 spiro atoms. The molecule has 0 bridgehead atoms. The molecule has 0 saturated heterocycles. The van der Waals surface area contributed by atoms with Crippen molar-refractivity contribution in [3.8, 4) is 0 Å². The highest BCUT2D eigenvalue weighted by Gasteiger charge is 2.71. The molecule has 10 unspecified atom stereocenters. The van der Waals surface area contributed by atoms with Crippen LogP contribution >= 0.6 is 0 Å². The van der Waals surface area contributed by atoms with E-state index >= 15 is 0 Å². The summed E-state index contributed by atoms with van der Waals surface area (Å²) in [6.07, 6.45) is 21.6. The molecule has 4 saturated carbocycles. The largest absolute Gasteiger partial charge is 0.399 e. The first-order valence-electron chi connectivity index (χ1n) is 18.6. The van der Waals surface area contributed by atoms with Crippen LogP contribution in [0.15, 0.2) is 66.6 Å². The van der Waals surface area contributed by atoms with Gasteiger partial charge >= 0.3 is 0 Å². The summed E-state index contributed by atoms with van der Waals surface area (Å²) in [5.74, 6) is 6.77. The van der Waals surface area contributed by atoms with Crippen LogP contribution in [0.5, 0.6) is 0 Å². The number of nitrogens with two attached hydrogens (primary N) is 4. The minimum atomic E-state index is 0.296. The monoisotopic (exact) mass is 627 g/mol. The molecule has 1 aromatic carbocycles. The summed E-state index contributed by atoms with van der Waals surface area (Å²) < 4.78 is 0. The van der Waals surface area contributed by atoms with E-state index in [0.29, 0.717) is 33.6 Å². The van der Waals surface area contributed by atoms with E-state index in [-0.39, 0.29) is 0 Å². The first-order valence-corrected chi connectivity index (χ1v) is 18.6. The Balaban J connectivity index is 0.000000463. The van der Waals surface area contributed by atoms with Crippen molar-refractivity contribution in [3.63, 3.8) is 0 Å². The molecule has 8 N–H and O–H groups in total. The second-order valence-electron chi connectivity index (χ2n) is 17.0. The quantitative estimate of drug-likeness (QED) is 0.124. The van der Waals surface area contributed by atoms with Crippen LogP contribution in [0.25, 0.3) is 0 Å². The summed E-state index contributed by atoms with van der Waals surface area (Å²) in [5.41, 5.74) is 30.2. The van der Waals surface area contributed by atoms with Gasteiger partial charge in [0.1, 0.15) is 0 Å². The molecule has 4 fully saturated rings. The molecular formula is C42H66N4. The Bertz CT molecular complexity index is 1360. The maximum atomic E-state index is 6.55. The lowest BCUT2D eigenvalue weighted by atomic mass is 9.45. The highest BCUT2D eigenvalue weighted by Crippen LogP contribution is 2.80. The number of hydrogen-bond donors (Lipinski definition) is 4. The van der Waals surface area contributed by atoms with Crippen LogP contribution in [-0.4, -0.2) is 0 Å². The zero-order valence-electron chi connectivity index (χ0n) is 30.1. The lowest BCUT2D eigenvalue weighted by molar-refractivity contribution is -0.0655. The van der Waals surface area contributed by atoms with E-state index in [1.54, 1.807) is 6.08 Å². The van der Waals surface area contributed by atoms with Crippen LogP contribution < -0.4 is 22.9 Å². The molecule has 46 heavy (non-hydrogen) atoms. The van der Waals surface area contributed by atoms with Gasteiger partial charge < -0.3 is 22.9 Å². The SMILES string of the molecule is C=C/C(N)=C\C(=C)N.CCC12CCC3C(CC=C4C3(C)CCC3C(c5ccc(N)cc5N)C43C)C1CCC2C(C)CCCC(C)C. The third kappa shape index (κ3) is 5.85. The van der Waals surface area contributed by atoms with Crippen molar-refractivity contribution in [2.45, 2.75) is 118 Å². The van der Waals surface area contributed by atoms with Gasteiger partial charge in [-0.05, 0) is 145 Å². The van der Waals surface area contributed by atoms with Crippen molar-refractivity contribution in [2.75, 3.05) is 11.5 Å². The van der Waals surface area contributed by atoms with Crippen LogP contribution in [0.1, 0.15) is 124 Å². The lowest BCUT2D eigenvalue weighted by Crippen LogP contribution is -2.51. The van der Waals surface area contributed by atoms with E-state index in [4.69, 9.17) is 22.9 Å². The van der Waals surface area contributed by atoms with Gasteiger partial charge in [0.05, 0.1) is 0 Å². The predicted octanol–water partition coefficient (Wildman–Crippen LogP) is 10.1. The van der Waals surface area contributed by atoms with Gasteiger partial charge in [0.2, 0.25) is 0 Å². The number of fused-ring (bicyclic) bond motifs is 7. The third-order valence-electron chi connectivity index (χ3n) is 14.3. The molecule has 4 heteroatoms. The van der Waals surface area contributed by atoms with Gasteiger partial charge in [-0.15, -0.1) is 0 Å². The first kappa shape index (κ1) is 34.7. The fourth-order valence-electron chi connectivity index (χ4n) is 12.3. The molecule has 1 aromatic rings. The number of allylic oxidation sites excluding steroid dienone is 4. The summed E-state index contributed by atoms with van der Waals surface area (Å²) in [4.78, 5) is 0. The van der Waals surface area contributed by atoms with Gasteiger partial charge in [-0.25, -0.2) is 0 Å². The summed E-state index contributed by atoms with van der Waals surface area (Å²) in [5, 5.41) is 0. The van der Waals surface area contributed by atoms with Crippen molar-refractivity contribution in [3.05, 3.63) is 72.1 Å². The molecule has 254 valence electrons. The minimum absolute atomic E-state index is 0.296. The first-order chi connectivity index (χ1) is 21.7. The molecule has 5 aliphatic rings. The smallest absolute Gasteiger partial charge is 0.0370 e. The van der Waals surface area contributed by atoms with E-state index in [2.05, 4.69) is 72.9 Å². The van der Waals surface area contributed by atoms with Gasteiger partial charge in [-0.2, -0.15) is 0 Å². The van der Waals surface area contributed by atoms with Crippen LogP contribution in [0.4, 0.5) is 11.4 Å². The summed E-state index contributed by atoms with van der Waals surface area (Å²) in [7, 11) is 0. The maximum absolute atomic E-state index is 6.55. The number of anilines is 2. The Morgan fingerprint density at radius 3 is 2.30 bits per heavy atom. The number of nitrogen functional groups attached to an aromatic ring is 2. The second-order valence-corrected chi connectivity index (χ2v) is 17.0. The zero-order valence-corrected chi connectivity index (χ0v) is 30.1. The average Bonchev–Trinajstić information content (AvgIpc) is 3.41.